The van der Waals surface area contributed by atoms with Gasteiger partial charge in [0.15, 0.2) is 0 Å². The normalized spacial score (nSPS) is 4.50. The van der Waals surface area contributed by atoms with Crippen LogP contribution in [-0.4, -0.2) is 27.7 Å². The van der Waals surface area contributed by atoms with Crippen molar-refractivity contribution >= 4 is 23.1 Å². The fourth-order valence-electron chi connectivity index (χ4n) is 0. The van der Waals surface area contributed by atoms with Crippen LogP contribution in [0.25, 0.3) is 0 Å². The van der Waals surface area contributed by atoms with E-state index in [4.69, 9.17) is 9.32 Å². The van der Waals surface area contributed by atoms with Crippen LogP contribution >= 0.6 is 0 Å². The van der Waals surface area contributed by atoms with E-state index in [9.17, 15) is 0 Å². The topological polar surface area (TPSA) is 43.3 Å². The van der Waals surface area contributed by atoms with Crippen molar-refractivity contribution in [3.63, 3.8) is 0 Å². The Balaban J connectivity index is -0.00000000667. The zero-order chi connectivity index (χ0) is 2.71. The largest absolute Gasteiger partial charge is 2.00 e. The van der Waals surface area contributed by atoms with Gasteiger partial charge in [-0.2, -0.15) is 0 Å². The van der Waals surface area contributed by atoms with Crippen molar-refractivity contribution in [2.24, 2.45) is 0 Å². The van der Waals surface area contributed by atoms with Crippen LogP contribution in [0, 0.1) is 11.3 Å². The molecule has 24 valence electrons. The Morgan fingerprint density at radius 1 is 2.00 bits per heavy atom. The minimum atomic E-state index is -0.167. The summed E-state index contributed by atoms with van der Waals surface area (Å²) in [7, 11) is 0. The molecule has 0 radical (unpaired) electrons. The third-order valence-electron chi connectivity index (χ3n) is 0. The molecular weight excluding hydrogens is 91.8 g/mol. The van der Waals surface area contributed by atoms with Gasteiger partial charge in [-0.15, -0.1) is 4.66 Å². The molecule has 0 aromatic rings. The smallest absolute Gasteiger partial charge is 1.00 e. The summed E-state index contributed by atoms with van der Waals surface area (Å²) in [5.41, 5.74) is 0. The average Bonchev–Trinajstić information content (AvgIpc) is 0.918. The minimum absolute atomic E-state index is 0. The first-order valence-electron chi connectivity index (χ1n) is 0.323. The molecule has 0 spiro atoms. The van der Waals surface area contributed by atoms with Crippen LogP contribution < -0.4 is 4.66 Å². The van der Waals surface area contributed by atoms with Crippen molar-refractivity contribution < 1.29 is 23.5 Å². The quantitative estimate of drug-likeness (QED) is 0.357. The Bertz CT molecular complexity index is 11.5. The van der Waals surface area contributed by atoms with E-state index in [1.807, 2.05) is 0 Å². The van der Waals surface area contributed by atoms with E-state index in [2.05, 4.69) is 0 Å². The Morgan fingerprint density at radius 3 is 2.00 bits per heavy atom. The SMILES string of the molecule is [H-].[H-].[Mg+2].[O-][Cl+]O. The molecule has 2 nitrogen and oxygen atoms in total. The molecule has 0 rings (SSSR count). The maximum Gasteiger partial charge on any atom is 2.00 e. The summed E-state index contributed by atoms with van der Waals surface area (Å²) in [6.07, 6.45) is 0. The van der Waals surface area contributed by atoms with E-state index in [0.717, 1.165) is 0 Å². The molecule has 0 aliphatic carbocycles. The maximum atomic E-state index is 8.35. The van der Waals surface area contributed by atoms with Gasteiger partial charge in [-0.1, -0.05) is 0 Å². The first-order chi connectivity index (χ1) is 1.41. The molecule has 0 saturated carbocycles. The molecule has 4 heavy (non-hydrogen) atoms. The summed E-state index contributed by atoms with van der Waals surface area (Å²) in [6.45, 7) is 0. The van der Waals surface area contributed by atoms with Gasteiger partial charge < -0.3 is 7.51 Å². The van der Waals surface area contributed by atoms with Crippen LogP contribution in [0.4, 0.5) is 0 Å². The van der Waals surface area contributed by atoms with E-state index >= 15 is 0 Å². The molecule has 0 fully saturated rings. The summed E-state index contributed by atoms with van der Waals surface area (Å²) in [5, 5.41) is 0. The summed E-state index contributed by atoms with van der Waals surface area (Å²) in [4.78, 5) is 0. The van der Waals surface area contributed by atoms with Gasteiger partial charge in [-0.05, 0) is 0 Å². The second-order valence-electron chi connectivity index (χ2n) is 0.0690. The van der Waals surface area contributed by atoms with Gasteiger partial charge in [0.05, 0.1) is 0 Å². The Morgan fingerprint density at radius 2 is 2.00 bits per heavy atom. The van der Waals surface area contributed by atoms with Crippen molar-refractivity contribution in [3.05, 3.63) is 0 Å². The first kappa shape index (κ1) is 8.88. The summed E-state index contributed by atoms with van der Waals surface area (Å²) < 4.78 is 15.2. The molecule has 0 amide bonds. The van der Waals surface area contributed by atoms with Crippen LogP contribution in [0.1, 0.15) is 2.85 Å². The fraction of sp³-hybridized carbons (Fsp3) is 0. The molecule has 0 aromatic carbocycles. The Hall–Kier alpha value is 0.976. The Kier molecular flexibility index (Phi) is 20.0. The van der Waals surface area contributed by atoms with E-state index in [1.165, 1.54) is 0 Å². The molecule has 0 atom stereocenters. The van der Waals surface area contributed by atoms with Gasteiger partial charge in [-0.25, -0.2) is 0 Å². The van der Waals surface area contributed by atoms with Crippen LogP contribution in [0.3, 0.4) is 0 Å². The predicted molar refractivity (Wildman–Crippen MR) is 10.2 cm³/mol. The molecule has 4 heteroatoms. The molecule has 0 aromatic heterocycles. The second-order valence-corrected chi connectivity index (χ2v) is 0.207. The molecule has 1 N–H and O–H groups in total. The van der Waals surface area contributed by atoms with Gasteiger partial charge in [-0.3, -0.25) is 0 Å². The molecule has 0 aliphatic rings. The van der Waals surface area contributed by atoms with Crippen molar-refractivity contribution in [1.82, 2.24) is 0 Å². The molecule has 0 heterocycles. The van der Waals surface area contributed by atoms with E-state index in [0.29, 0.717) is 0 Å². The summed E-state index contributed by atoms with van der Waals surface area (Å²) >= 11 is -0.167. The zero-order valence-corrected chi connectivity index (χ0v) is 4.11. The van der Waals surface area contributed by atoms with Gasteiger partial charge >= 0.3 is 34.4 Å². The fourth-order valence-corrected chi connectivity index (χ4v) is 0. The number of rotatable bonds is 0. The monoisotopic (exact) mass is 94.0 g/mol. The van der Waals surface area contributed by atoms with Gasteiger partial charge in [0.2, 0.25) is 0 Å². The average molecular weight is 94.8 g/mol. The van der Waals surface area contributed by atoms with Crippen LogP contribution in [-0.2, 0) is 0 Å². The van der Waals surface area contributed by atoms with Gasteiger partial charge in [0, 0.05) is 0 Å². The minimum Gasteiger partial charge on any atom is -1.00 e. The van der Waals surface area contributed by atoms with Gasteiger partial charge in [0.1, 0.15) is 0 Å². The second kappa shape index (κ2) is 9.02. The molecule has 0 aliphatic heterocycles. The van der Waals surface area contributed by atoms with Crippen LogP contribution in [0.5, 0.6) is 0 Å². The number of halogens is 1. The number of hydrogen-bond donors (Lipinski definition) is 1. The van der Waals surface area contributed by atoms with Crippen LogP contribution in [0.2, 0.25) is 0 Å². The third-order valence-corrected chi connectivity index (χ3v) is 0. The van der Waals surface area contributed by atoms with E-state index in [1.54, 1.807) is 0 Å². The standard InChI is InChI=1S/ClHO2.Mg.2H/c2-1-3;;;/h2H;;;/q;+2;2*-1. The van der Waals surface area contributed by atoms with Crippen molar-refractivity contribution in [3.8, 4) is 0 Å². The maximum absolute atomic E-state index is 8.35. The predicted octanol–water partition coefficient (Wildman–Crippen LogP) is -1.90. The third kappa shape index (κ3) is 12.2. The van der Waals surface area contributed by atoms with Crippen molar-refractivity contribution in [2.75, 3.05) is 0 Å². The van der Waals surface area contributed by atoms with E-state index in [-0.39, 0.29) is 37.2 Å². The summed E-state index contributed by atoms with van der Waals surface area (Å²) in [5.74, 6) is 0. The number of hydrogen-bond acceptors (Lipinski definition) is 2. The molecule has 0 saturated heterocycles. The molecule has 0 bridgehead atoms. The van der Waals surface area contributed by atoms with Crippen molar-refractivity contribution in [1.29, 1.82) is 0 Å². The first-order valence-corrected chi connectivity index (χ1v) is 0.970. The zero-order valence-electron chi connectivity index (χ0n) is 3.94. The van der Waals surface area contributed by atoms with E-state index < -0.39 is 0 Å². The summed E-state index contributed by atoms with van der Waals surface area (Å²) in [6, 6.07) is 0. The van der Waals surface area contributed by atoms with Crippen LogP contribution in [0.15, 0.2) is 0 Å². The van der Waals surface area contributed by atoms with Gasteiger partial charge in [0.25, 0.3) is 0 Å². The molecule has 0 unspecified atom stereocenters. The molecular formula is H3ClMgO2. The Labute approximate surface area is 47.0 Å². The van der Waals surface area contributed by atoms with Crippen molar-refractivity contribution in [2.45, 2.75) is 0 Å².